The molecular weight excluding hydrogens is 418 g/mol. The molecule has 0 saturated carbocycles. The fraction of sp³-hybridized carbons (Fsp3) is 0.600. The Balaban J connectivity index is 1.31. The lowest BCUT2D eigenvalue weighted by atomic mass is 9.94. The first kappa shape index (κ1) is 22.6. The molecule has 0 spiro atoms. The summed E-state index contributed by atoms with van der Waals surface area (Å²) >= 11 is 0. The van der Waals surface area contributed by atoms with Gasteiger partial charge in [0.1, 0.15) is 12.8 Å². The number of hydrogen-bond acceptors (Lipinski definition) is 6. The molecule has 0 bridgehead atoms. The summed E-state index contributed by atoms with van der Waals surface area (Å²) in [6, 6.07) is 11.1. The maximum absolute atomic E-state index is 14.4. The molecular formula is C25H32BFN4O2. The minimum Gasteiger partial charge on any atom is -0.481 e. The van der Waals surface area contributed by atoms with Crippen molar-refractivity contribution >= 4 is 7.85 Å². The zero-order valence-electron chi connectivity index (χ0n) is 19.4. The average molecular weight is 450 g/mol. The molecule has 1 aromatic carbocycles. The van der Waals surface area contributed by atoms with Crippen LogP contribution in [0.4, 0.5) is 4.39 Å². The Labute approximate surface area is 196 Å². The van der Waals surface area contributed by atoms with Gasteiger partial charge in [-0.25, -0.2) is 4.39 Å². The molecule has 2 fully saturated rings. The molecule has 1 aromatic heterocycles. The van der Waals surface area contributed by atoms with Crippen LogP contribution in [0.15, 0.2) is 30.3 Å². The van der Waals surface area contributed by atoms with Gasteiger partial charge in [0.2, 0.25) is 5.88 Å². The van der Waals surface area contributed by atoms with Crippen LogP contribution in [-0.2, 0) is 19.5 Å². The van der Waals surface area contributed by atoms with Crippen LogP contribution >= 0.6 is 0 Å². The van der Waals surface area contributed by atoms with Gasteiger partial charge in [0.25, 0.3) is 0 Å². The highest BCUT2D eigenvalue weighted by molar-refractivity contribution is 6.08. The van der Waals surface area contributed by atoms with Crippen LogP contribution in [0.5, 0.6) is 11.9 Å². The fourth-order valence-electron chi connectivity index (χ4n) is 5.92. The van der Waals surface area contributed by atoms with E-state index in [0.29, 0.717) is 43.8 Å². The van der Waals surface area contributed by atoms with Crippen molar-refractivity contribution in [3.8, 4) is 11.9 Å². The second-order valence-electron chi connectivity index (χ2n) is 9.62. The number of fused-ring (bicyclic) bond motifs is 2. The predicted molar refractivity (Wildman–Crippen MR) is 125 cm³/mol. The third kappa shape index (κ3) is 4.60. The van der Waals surface area contributed by atoms with Crippen LogP contribution in [0, 0.1) is 0 Å². The number of rotatable bonds is 8. The largest absolute Gasteiger partial charge is 0.481 e. The molecule has 6 nitrogen and oxygen atoms in total. The molecule has 2 aromatic rings. The van der Waals surface area contributed by atoms with Crippen molar-refractivity contribution in [3.63, 3.8) is 0 Å². The molecule has 3 atom stereocenters. The standard InChI is InChI=1S/C25H32BFN4O2/c1-32-23-21-9-12-30(14-18-5-3-2-4-6-18)16-22(21)28-24(29-23)33-17-25-10-7-20(8-11-26)31(25)15-19(27)13-25/h2-6,19-20H,7-17H2,1H3/t19-,20?,25+/m1/s1. The molecule has 1 unspecified atom stereocenters. The number of benzene rings is 1. The van der Waals surface area contributed by atoms with E-state index in [-0.39, 0.29) is 5.54 Å². The topological polar surface area (TPSA) is 50.7 Å². The van der Waals surface area contributed by atoms with Crippen molar-refractivity contribution < 1.29 is 13.9 Å². The minimum absolute atomic E-state index is 0.287. The van der Waals surface area contributed by atoms with Gasteiger partial charge in [0.15, 0.2) is 0 Å². The zero-order chi connectivity index (χ0) is 22.8. The van der Waals surface area contributed by atoms with Crippen LogP contribution in [-0.4, -0.2) is 72.2 Å². The summed E-state index contributed by atoms with van der Waals surface area (Å²) in [4.78, 5) is 14.0. The first-order chi connectivity index (χ1) is 16.1. The Morgan fingerprint density at radius 1 is 1.24 bits per heavy atom. The molecule has 0 aliphatic carbocycles. The monoisotopic (exact) mass is 450 g/mol. The number of alkyl halides is 1. The SMILES string of the molecule is [B]CCC1CC[C@@]2(COc3nc4c(c(OC)n3)CCN(Cc3ccccc3)C4)C[C@@H](F)CN12. The molecule has 33 heavy (non-hydrogen) atoms. The number of aromatic nitrogens is 2. The van der Waals surface area contributed by atoms with Gasteiger partial charge in [-0.1, -0.05) is 36.7 Å². The smallest absolute Gasteiger partial charge is 0.320 e. The van der Waals surface area contributed by atoms with Crippen LogP contribution in [0.1, 0.15) is 42.5 Å². The summed E-state index contributed by atoms with van der Waals surface area (Å²) in [6.45, 7) is 3.39. The van der Waals surface area contributed by atoms with Gasteiger partial charge < -0.3 is 9.47 Å². The van der Waals surface area contributed by atoms with E-state index in [1.807, 2.05) is 6.07 Å². The first-order valence-corrected chi connectivity index (χ1v) is 12.0. The summed E-state index contributed by atoms with van der Waals surface area (Å²) in [5.74, 6) is 0.589. The van der Waals surface area contributed by atoms with Gasteiger partial charge >= 0.3 is 6.01 Å². The van der Waals surface area contributed by atoms with Crippen molar-refractivity contribution in [3.05, 3.63) is 47.2 Å². The van der Waals surface area contributed by atoms with E-state index in [1.165, 1.54) is 5.56 Å². The summed E-state index contributed by atoms with van der Waals surface area (Å²) in [5.41, 5.74) is 3.01. The Bertz CT molecular complexity index is 965. The first-order valence-electron chi connectivity index (χ1n) is 12.0. The van der Waals surface area contributed by atoms with E-state index in [9.17, 15) is 4.39 Å². The second-order valence-corrected chi connectivity index (χ2v) is 9.62. The Morgan fingerprint density at radius 2 is 2.09 bits per heavy atom. The van der Waals surface area contributed by atoms with Crippen LogP contribution in [0.25, 0.3) is 0 Å². The van der Waals surface area contributed by atoms with Gasteiger partial charge in [-0.15, -0.1) is 0 Å². The third-order valence-electron chi connectivity index (χ3n) is 7.49. The highest BCUT2D eigenvalue weighted by atomic mass is 19.1. The maximum Gasteiger partial charge on any atom is 0.320 e. The lowest BCUT2D eigenvalue weighted by Crippen LogP contribution is -2.46. The van der Waals surface area contributed by atoms with E-state index < -0.39 is 6.17 Å². The predicted octanol–water partition coefficient (Wildman–Crippen LogP) is 3.34. The molecule has 4 heterocycles. The van der Waals surface area contributed by atoms with Crippen molar-refractivity contribution in [1.82, 2.24) is 19.8 Å². The van der Waals surface area contributed by atoms with E-state index in [4.69, 9.17) is 22.3 Å². The lowest BCUT2D eigenvalue weighted by molar-refractivity contribution is 0.0824. The highest BCUT2D eigenvalue weighted by Gasteiger charge is 2.53. The third-order valence-corrected chi connectivity index (χ3v) is 7.49. The molecule has 0 N–H and O–H groups in total. The summed E-state index contributed by atoms with van der Waals surface area (Å²) < 4.78 is 26.2. The Morgan fingerprint density at radius 3 is 2.88 bits per heavy atom. The zero-order valence-corrected chi connectivity index (χ0v) is 19.4. The van der Waals surface area contributed by atoms with Crippen molar-refractivity contribution in [2.75, 3.05) is 26.8 Å². The van der Waals surface area contributed by atoms with E-state index in [2.05, 4.69) is 39.0 Å². The van der Waals surface area contributed by atoms with Gasteiger partial charge in [0.05, 0.1) is 26.2 Å². The van der Waals surface area contributed by atoms with Gasteiger partial charge in [0, 0.05) is 44.2 Å². The molecule has 0 amide bonds. The number of methoxy groups -OCH3 is 1. The van der Waals surface area contributed by atoms with Crippen molar-refractivity contribution in [1.29, 1.82) is 0 Å². The van der Waals surface area contributed by atoms with Gasteiger partial charge in [-0.05, 0) is 31.2 Å². The Kier molecular flexibility index (Phi) is 6.57. The molecule has 174 valence electrons. The molecule has 2 radical (unpaired) electrons. The average Bonchev–Trinajstić information content (AvgIpc) is 3.32. The second kappa shape index (κ2) is 9.59. The van der Waals surface area contributed by atoms with Gasteiger partial charge in [-0.3, -0.25) is 9.80 Å². The quantitative estimate of drug-likeness (QED) is 0.576. The van der Waals surface area contributed by atoms with Crippen LogP contribution in [0.3, 0.4) is 0 Å². The normalized spacial score (nSPS) is 27.3. The molecule has 3 aliphatic rings. The van der Waals surface area contributed by atoms with E-state index in [1.54, 1.807) is 7.11 Å². The number of nitrogens with zero attached hydrogens (tertiary/aromatic N) is 4. The summed E-state index contributed by atoms with van der Waals surface area (Å²) in [6.07, 6.45) is 4.00. The van der Waals surface area contributed by atoms with Crippen molar-refractivity contribution in [2.45, 2.75) is 69.3 Å². The lowest BCUT2D eigenvalue weighted by Gasteiger charge is -2.34. The number of halogens is 1. The molecule has 3 aliphatic heterocycles. The summed E-state index contributed by atoms with van der Waals surface area (Å²) in [5, 5.41) is 0. The van der Waals surface area contributed by atoms with Crippen LogP contribution in [0.2, 0.25) is 6.32 Å². The summed E-state index contributed by atoms with van der Waals surface area (Å²) in [7, 11) is 7.44. The fourth-order valence-corrected chi connectivity index (χ4v) is 5.92. The molecule has 2 saturated heterocycles. The molecule has 8 heteroatoms. The van der Waals surface area contributed by atoms with Crippen molar-refractivity contribution in [2.24, 2.45) is 0 Å². The highest BCUT2D eigenvalue weighted by Crippen LogP contribution is 2.45. The number of hydrogen-bond donors (Lipinski definition) is 0. The van der Waals surface area contributed by atoms with Crippen LogP contribution < -0.4 is 9.47 Å². The van der Waals surface area contributed by atoms with Gasteiger partial charge in [-0.2, -0.15) is 9.97 Å². The van der Waals surface area contributed by atoms with E-state index in [0.717, 1.165) is 56.6 Å². The number of ether oxygens (including phenoxy) is 2. The maximum atomic E-state index is 14.4. The molecule has 5 rings (SSSR count). The van der Waals surface area contributed by atoms with E-state index >= 15 is 0 Å². The Hall–Kier alpha value is -2.19. The minimum atomic E-state index is -0.820.